The number of fused-ring (bicyclic) bond motifs is 10. The fourth-order valence-electron chi connectivity index (χ4n) is 7.54. The van der Waals surface area contributed by atoms with Crippen molar-refractivity contribution in [2.75, 3.05) is 0 Å². The predicted octanol–water partition coefficient (Wildman–Crippen LogP) is 13.0. The maximum absolute atomic E-state index is 7.28. The Hall–Kier alpha value is -6.39. The number of benzene rings is 7. The van der Waals surface area contributed by atoms with Crippen LogP contribution in [0.2, 0.25) is 0 Å². The van der Waals surface area contributed by atoms with Crippen LogP contribution in [0.25, 0.3) is 93.5 Å². The second kappa shape index (κ2) is 14.1. The van der Waals surface area contributed by atoms with Crippen molar-refractivity contribution in [1.82, 2.24) is 14.4 Å². The van der Waals surface area contributed by atoms with Gasteiger partial charge in [0.2, 0.25) is 0 Å². The average molecular weight is 890 g/mol. The third kappa shape index (κ3) is 5.90. The number of rotatable bonds is 2. The van der Waals surface area contributed by atoms with Crippen molar-refractivity contribution in [3.05, 3.63) is 187 Å². The van der Waals surface area contributed by atoms with Crippen LogP contribution < -0.4 is 0 Å². The topological polar surface area (TPSA) is 43.3 Å². The van der Waals surface area contributed by atoms with Gasteiger partial charge in [-0.3, -0.25) is 4.98 Å². The fourth-order valence-corrected chi connectivity index (χ4v) is 7.54. The van der Waals surface area contributed by atoms with Crippen molar-refractivity contribution in [2.45, 2.75) is 13.7 Å². The van der Waals surface area contributed by atoms with Gasteiger partial charge in [0, 0.05) is 56.2 Å². The van der Waals surface area contributed by atoms with Crippen LogP contribution in [-0.4, -0.2) is 14.4 Å². The number of hydrogen-bond donors (Lipinski definition) is 0. The standard InChI is InChI=1S/C37H21N2O.C13H12N.Ir/c1-3-13-25-23(11-1)24-12-2-4-14-26(24)29-17-10-20-32-35(29)39(33-21-7-5-15-27(25)33)37(38-32)31-19-9-18-30-28-16-6-8-22-34(28)40-36(30)31;1-10-3-6-12(7-4-10)13-8-5-11(2)9-14-13;/h1-18,20-22H;3-6,8-9H,1-2H3;/q2*-1;/i;1D3,2D3;. The van der Waals surface area contributed by atoms with Crippen LogP contribution in [0.3, 0.4) is 0 Å². The number of imidazole rings is 1. The second-order valence-electron chi connectivity index (χ2n) is 13.2. The Labute approximate surface area is 340 Å². The largest absolute Gasteiger partial charge is 0.501 e. The van der Waals surface area contributed by atoms with Crippen LogP contribution in [0.4, 0.5) is 0 Å². The van der Waals surface area contributed by atoms with E-state index in [4.69, 9.17) is 17.6 Å². The maximum atomic E-state index is 7.28. The number of hydrogen-bond acceptors (Lipinski definition) is 3. The summed E-state index contributed by atoms with van der Waals surface area (Å²) in [6.07, 6.45) is 1.30. The number of para-hydroxylation sites is 3. The van der Waals surface area contributed by atoms with E-state index in [0.29, 0.717) is 11.3 Å². The molecule has 11 aromatic rings. The molecule has 11 rings (SSSR count). The number of aryl methyl sites for hydroxylation is 2. The molecule has 0 fully saturated rings. The zero-order valence-corrected chi connectivity index (χ0v) is 31.6. The first kappa shape index (κ1) is 28.1. The Morgan fingerprint density at radius 2 is 1.24 bits per heavy atom. The Balaban J connectivity index is 0.000000193. The normalized spacial score (nSPS) is 13.4. The van der Waals surface area contributed by atoms with E-state index in [9.17, 15) is 0 Å². The molecule has 0 unspecified atom stereocenters. The first-order valence-electron chi connectivity index (χ1n) is 20.7. The minimum Gasteiger partial charge on any atom is -0.501 e. The van der Waals surface area contributed by atoms with Gasteiger partial charge >= 0.3 is 0 Å². The van der Waals surface area contributed by atoms with Crippen molar-refractivity contribution < 1.29 is 32.7 Å². The summed E-state index contributed by atoms with van der Waals surface area (Å²) in [4.78, 5) is 9.36. The van der Waals surface area contributed by atoms with Gasteiger partial charge in [-0.05, 0) is 57.9 Å². The first-order valence-corrected chi connectivity index (χ1v) is 17.7. The molecular weight excluding hydrogens is 851 g/mol. The molecule has 4 heterocycles. The molecule has 0 bridgehead atoms. The number of furan rings is 1. The fraction of sp³-hybridized carbons (Fsp3) is 0.0400. The van der Waals surface area contributed by atoms with E-state index in [0.717, 1.165) is 60.6 Å². The van der Waals surface area contributed by atoms with E-state index < -0.39 is 13.7 Å². The van der Waals surface area contributed by atoms with E-state index in [1.165, 1.54) is 45.9 Å². The van der Waals surface area contributed by atoms with Crippen LogP contribution in [0.15, 0.2) is 168 Å². The molecule has 0 atom stereocenters. The van der Waals surface area contributed by atoms with Crippen molar-refractivity contribution in [3.63, 3.8) is 0 Å². The minimum absolute atomic E-state index is 0. The molecule has 0 saturated carbocycles. The van der Waals surface area contributed by atoms with Crippen LogP contribution in [-0.2, 0) is 20.1 Å². The molecule has 0 aliphatic heterocycles. The van der Waals surface area contributed by atoms with Crippen molar-refractivity contribution in [1.29, 1.82) is 0 Å². The van der Waals surface area contributed by atoms with Gasteiger partial charge in [-0.1, -0.05) is 127 Å². The van der Waals surface area contributed by atoms with Crippen LogP contribution in [0.1, 0.15) is 19.4 Å². The van der Waals surface area contributed by atoms with Gasteiger partial charge in [-0.15, -0.1) is 53.6 Å². The van der Waals surface area contributed by atoms with E-state index in [1.807, 2.05) is 18.2 Å². The molecule has 0 aliphatic carbocycles. The van der Waals surface area contributed by atoms with E-state index in [1.54, 1.807) is 12.1 Å². The summed E-state index contributed by atoms with van der Waals surface area (Å²) >= 11 is 0. The van der Waals surface area contributed by atoms with Crippen molar-refractivity contribution in [2.24, 2.45) is 0 Å². The Morgan fingerprint density at radius 1 is 0.582 bits per heavy atom. The quantitative estimate of drug-likeness (QED) is 0.162. The summed E-state index contributed by atoms with van der Waals surface area (Å²) in [5.41, 5.74) is 7.15. The van der Waals surface area contributed by atoms with Gasteiger partial charge in [0.25, 0.3) is 0 Å². The Morgan fingerprint density at radius 3 is 1.95 bits per heavy atom. The van der Waals surface area contributed by atoms with Gasteiger partial charge in [0.15, 0.2) is 0 Å². The summed E-state index contributed by atoms with van der Waals surface area (Å²) in [5.74, 6) is 0.816. The van der Waals surface area contributed by atoms with E-state index in [-0.39, 0.29) is 31.2 Å². The second-order valence-corrected chi connectivity index (χ2v) is 13.2. The summed E-state index contributed by atoms with van der Waals surface area (Å²) in [7, 11) is 0. The zero-order valence-electron chi connectivity index (χ0n) is 35.2. The number of aromatic nitrogens is 3. The average Bonchev–Trinajstić information content (AvgIpc) is 3.86. The van der Waals surface area contributed by atoms with Gasteiger partial charge in [-0.2, -0.15) is 0 Å². The predicted molar refractivity (Wildman–Crippen MR) is 224 cm³/mol. The van der Waals surface area contributed by atoms with Crippen LogP contribution in [0, 0.1) is 25.8 Å². The van der Waals surface area contributed by atoms with Crippen LogP contribution >= 0.6 is 0 Å². The van der Waals surface area contributed by atoms with Gasteiger partial charge in [-0.25, -0.2) is 0 Å². The summed E-state index contributed by atoms with van der Waals surface area (Å²) in [6, 6.07) is 58.7. The first-order chi connectivity index (χ1) is 29.0. The molecule has 5 heteroatoms. The number of nitrogens with zero attached hydrogens (tertiary/aromatic N) is 3. The van der Waals surface area contributed by atoms with Gasteiger partial charge < -0.3 is 13.8 Å². The van der Waals surface area contributed by atoms with Gasteiger partial charge in [0.05, 0.1) is 22.4 Å². The molecule has 4 nitrogen and oxygen atoms in total. The third-order valence-corrected chi connectivity index (χ3v) is 9.96. The minimum atomic E-state index is -2.18. The summed E-state index contributed by atoms with van der Waals surface area (Å²) in [6.45, 7) is -4.34. The SMILES string of the molecule is [2H]C([2H])([2H])c1c[c-]c(-c2ccc(C([2H])([2H])[2H])cn2)cc1.[Ir].[c-]1ccc2c(oc3ccccc32)c1-c1nc2cccc3c4ccccc4c4ccccc4c4ccccc4n1c23. The molecule has 0 amide bonds. The molecule has 0 aliphatic rings. The van der Waals surface area contributed by atoms with E-state index >= 15 is 0 Å². The summed E-state index contributed by atoms with van der Waals surface area (Å²) in [5, 5.41) is 9.27. The number of pyridine rings is 1. The monoisotopic (exact) mass is 890 g/mol. The van der Waals surface area contributed by atoms with Gasteiger partial charge in [0.1, 0.15) is 5.58 Å². The smallest absolute Gasteiger partial charge is 0.120 e. The van der Waals surface area contributed by atoms with E-state index in [2.05, 4.69) is 131 Å². The van der Waals surface area contributed by atoms with Crippen molar-refractivity contribution >= 4 is 70.8 Å². The Bertz CT molecular complexity index is 3410. The molecule has 7 aromatic carbocycles. The molecule has 0 N–H and O–H groups in total. The third-order valence-electron chi connectivity index (χ3n) is 9.96. The maximum Gasteiger partial charge on any atom is 0.120 e. The molecule has 0 saturated heterocycles. The molecular formula is C50H33IrN3O-2. The molecule has 4 aromatic heterocycles. The van der Waals surface area contributed by atoms with Crippen LogP contribution in [0.5, 0.6) is 0 Å². The molecule has 265 valence electrons. The molecule has 1 radical (unpaired) electrons. The molecule has 0 spiro atoms. The summed E-state index contributed by atoms with van der Waals surface area (Å²) < 4.78 is 52.4. The van der Waals surface area contributed by atoms with Crippen molar-refractivity contribution in [3.8, 4) is 22.6 Å². The zero-order chi connectivity index (χ0) is 41.2. The Kier molecular flexibility index (Phi) is 7.21. The molecule has 55 heavy (non-hydrogen) atoms.